The van der Waals surface area contributed by atoms with E-state index in [-0.39, 0.29) is 5.91 Å². The van der Waals surface area contributed by atoms with E-state index in [1.54, 1.807) is 25.3 Å². The number of ether oxygens (including phenoxy) is 1. The highest BCUT2D eigenvalue weighted by Crippen LogP contribution is 2.27. The molecule has 2 heterocycles. The third-order valence-corrected chi connectivity index (χ3v) is 5.75. The van der Waals surface area contributed by atoms with Crippen LogP contribution in [0.1, 0.15) is 21.5 Å². The first-order valence-electron chi connectivity index (χ1n) is 9.72. The largest absolute Gasteiger partial charge is 0.496 e. The third-order valence-electron chi connectivity index (χ3n) is 5.52. The summed E-state index contributed by atoms with van der Waals surface area (Å²) in [6.07, 6.45) is 0. The molecule has 0 unspecified atom stereocenters. The normalized spacial score (nSPS) is 14.3. The van der Waals surface area contributed by atoms with E-state index in [9.17, 15) is 4.79 Å². The lowest BCUT2D eigenvalue weighted by molar-refractivity contribution is 0.0743. The highest BCUT2D eigenvalue weighted by atomic mass is 35.5. The van der Waals surface area contributed by atoms with Gasteiger partial charge in [-0.2, -0.15) is 0 Å². The Labute approximate surface area is 175 Å². The maximum absolute atomic E-state index is 13.0. The zero-order chi connectivity index (χ0) is 20.5. The Balaban J connectivity index is 1.53. The monoisotopic (exact) mass is 409 g/mol. The fraction of sp³-hybridized carbons (Fsp3) is 0.304. The van der Waals surface area contributed by atoms with Crippen molar-refractivity contribution in [3.05, 3.63) is 64.2 Å². The van der Waals surface area contributed by atoms with E-state index < -0.39 is 0 Å². The second-order valence-corrected chi connectivity index (χ2v) is 7.83. The summed E-state index contributed by atoms with van der Waals surface area (Å²) in [5.74, 6) is 1.46. The Morgan fingerprint density at radius 2 is 1.79 bits per heavy atom. The average molecular weight is 410 g/mol. The first-order chi connectivity index (χ1) is 14.0. The lowest BCUT2D eigenvalue weighted by atomic mass is 10.1. The molecule has 6 heteroatoms. The van der Waals surface area contributed by atoms with Crippen molar-refractivity contribution in [3.8, 4) is 5.75 Å². The van der Waals surface area contributed by atoms with Crippen molar-refractivity contribution in [1.82, 2.24) is 9.88 Å². The number of carbonyl (C=O) groups excluding carboxylic acids is 1. The molecular weight excluding hydrogens is 386 g/mol. The highest BCUT2D eigenvalue weighted by Gasteiger charge is 2.25. The number of methoxy groups -OCH3 is 1. The van der Waals surface area contributed by atoms with Gasteiger partial charge in [0, 0.05) is 36.6 Å². The minimum atomic E-state index is -0.0532. The second kappa shape index (κ2) is 7.91. The van der Waals surface area contributed by atoms with Crippen LogP contribution in [0.15, 0.2) is 42.5 Å². The van der Waals surface area contributed by atoms with Crippen LogP contribution in [-0.2, 0) is 0 Å². The zero-order valence-corrected chi connectivity index (χ0v) is 17.7. The van der Waals surface area contributed by atoms with Gasteiger partial charge in [-0.15, -0.1) is 0 Å². The van der Waals surface area contributed by atoms with Gasteiger partial charge >= 0.3 is 0 Å². The van der Waals surface area contributed by atoms with Gasteiger partial charge in [0.1, 0.15) is 11.6 Å². The van der Waals surface area contributed by atoms with Gasteiger partial charge in [0.25, 0.3) is 5.91 Å². The molecule has 3 aromatic rings. The predicted molar refractivity (Wildman–Crippen MR) is 117 cm³/mol. The molecule has 1 aliphatic heterocycles. The van der Waals surface area contributed by atoms with E-state index in [4.69, 9.17) is 21.3 Å². The Morgan fingerprint density at radius 1 is 1.03 bits per heavy atom. The first-order valence-corrected chi connectivity index (χ1v) is 10.1. The lowest BCUT2D eigenvalue weighted by Crippen LogP contribution is -2.49. The number of amides is 1. The van der Waals surface area contributed by atoms with Crippen LogP contribution in [0.5, 0.6) is 5.75 Å². The topological polar surface area (TPSA) is 45.7 Å². The number of aromatic nitrogens is 1. The number of benzene rings is 2. The molecule has 1 aliphatic rings. The molecule has 0 radical (unpaired) electrons. The summed E-state index contributed by atoms with van der Waals surface area (Å²) in [5.41, 5.74) is 3.94. The van der Waals surface area contributed by atoms with E-state index in [1.165, 1.54) is 16.5 Å². The van der Waals surface area contributed by atoms with Crippen molar-refractivity contribution in [2.75, 3.05) is 38.2 Å². The van der Waals surface area contributed by atoms with Gasteiger partial charge < -0.3 is 14.5 Å². The van der Waals surface area contributed by atoms with Crippen molar-refractivity contribution >= 4 is 34.2 Å². The Kier molecular flexibility index (Phi) is 5.33. The van der Waals surface area contributed by atoms with Crippen LogP contribution in [0.25, 0.3) is 10.9 Å². The summed E-state index contributed by atoms with van der Waals surface area (Å²) < 4.78 is 5.34. The molecule has 1 saturated heterocycles. The number of nitrogens with zero attached hydrogens (tertiary/aromatic N) is 3. The molecule has 0 atom stereocenters. The summed E-state index contributed by atoms with van der Waals surface area (Å²) >= 11 is 6.09. The fourth-order valence-electron chi connectivity index (χ4n) is 3.86. The molecule has 1 fully saturated rings. The quantitative estimate of drug-likeness (QED) is 0.640. The molecule has 0 saturated carbocycles. The van der Waals surface area contributed by atoms with Crippen LogP contribution in [0.2, 0.25) is 5.02 Å². The number of fused-ring (bicyclic) bond motifs is 1. The number of aryl methyl sites for hydroxylation is 2. The smallest absolute Gasteiger partial charge is 0.257 e. The number of halogens is 1. The summed E-state index contributed by atoms with van der Waals surface area (Å²) in [4.78, 5) is 22.0. The standard InChI is InChI=1S/C23H24ClN3O2/c1-15-5-4-6-18-16(2)13-21(25-22(15)18)26-9-11-27(12-10-26)23(28)19-14-17(24)7-8-20(19)29-3/h4-8,13-14H,9-12H2,1-3H3. The maximum Gasteiger partial charge on any atom is 0.257 e. The van der Waals surface area contributed by atoms with Gasteiger partial charge in [-0.25, -0.2) is 4.98 Å². The minimum Gasteiger partial charge on any atom is -0.496 e. The number of piperazine rings is 1. The molecule has 1 amide bonds. The van der Waals surface area contributed by atoms with Crippen molar-refractivity contribution in [2.45, 2.75) is 13.8 Å². The predicted octanol–water partition coefficient (Wildman–Crippen LogP) is 4.48. The molecule has 150 valence electrons. The molecule has 29 heavy (non-hydrogen) atoms. The minimum absolute atomic E-state index is 0.0532. The molecule has 0 bridgehead atoms. The molecule has 0 spiro atoms. The van der Waals surface area contributed by atoms with Crippen molar-refractivity contribution in [2.24, 2.45) is 0 Å². The molecular formula is C23H24ClN3O2. The highest BCUT2D eigenvalue weighted by molar-refractivity contribution is 6.31. The van der Waals surface area contributed by atoms with Gasteiger partial charge in [0.15, 0.2) is 0 Å². The van der Waals surface area contributed by atoms with Crippen LogP contribution in [0, 0.1) is 13.8 Å². The Morgan fingerprint density at radius 3 is 2.52 bits per heavy atom. The van der Waals surface area contributed by atoms with Gasteiger partial charge in [-0.05, 0) is 49.2 Å². The molecule has 0 aliphatic carbocycles. The van der Waals surface area contributed by atoms with Crippen molar-refractivity contribution < 1.29 is 9.53 Å². The summed E-state index contributed by atoms with van der Waals surface area (Å²) in [6, 6.07) is 13.5. The summed E-state index contributed by atoms with van der Waals surface area (Å²) in [6.45, 7) is 6.94. The number of hydrogen-bond donors (Lipinski definition) is 0. The number of para-hydroxylation sites is 1. The number of anilines is 1. The Hall–Kier alpha value is -2.79. The van der Waals surface area contributed by atoms with Crippen molar-refractivity contribution in [1.29, 1.82) is 0 Å². The van der Waals surface area contributed by atoms with Crippen LogP contribution in [0.4, 0.5) is 5.82 Å². The molecule has 2 aromatic carbocycles. The average Bonchev–Trinajstić information content (AvgIpc) is 2.74. The van der Waals surface area contributed by atoms with E-state index in [2.05, 4.69) is 43.0 Å². The number of pyridine rings is 1. The lowest BCUT2D eigenvalue weighted by Gasteiger charge is -2.36. The van der Waals surface area contributed by atoms with E-state index in [1.807, 2.05) is 4.90 Å². The Bertz CT molecular complexity index is 1080. The number of carbonyl (C=O) groups is 1. The SMILES string of the molecule is COc1ccc(Cl)cc1C(=O)N1CCN(c2cc(C)c3cccc(C)c3n2)CC1. The van der Waals surface area contributed by atoms with Crippen LogP contribution in [-0.4, -0.2) is 49.1 Å². The number of hydrogen-bond acceptors (Lipinski definition) is 4. The third kappa shape index (κ3) is 3.75. The summed E-state index contributed by atoms with van der Waals surface area (Å²) in [5, 5.41) is 1.72. The fourth-order valence-corrected chi connectivity index (χ4v) is 4.03. The van der Waals surface area contributed by atoms with Crippen molar-refractivity contribution in [3.63, 3.8) is 0 Å². The van der Waals surface area contributed by atoms with Gasteiger partial charge in [-0.3, -0.25) is 4.79 Å². The zero-order valence-electron chi connectivity index (χ0n) is 16.9. The molecule has 5 nitrogen and oxygen atoms in total. The molecule has 0 N–H and O–H groups in total. The van der Waals surface area contributed by atoms with Gasteiger partial charge in [0.2, 0.25) is 0 Å². The van der Waals surface area contributed by atoms with E-state index in [0.717, 1.165) is 24.4 Å². The summed E-state index contributed by atoms with van der Waals surface area (Å²) in [7, 11) is 1.56. The van der Waals surface area contributed by atoms with Crippen LogP contribution < -0.4 is 9.64 Å². The first kappa shape index (κ1) is 19.5. The van der Waals surface area contributed by atoms with E-state index >= 15 is 0 Å². The van der Waals surface area contributed by atoms with Crippen LogP contribution in [0.3, 0.4) is 0 Å². The molecule has 4 rings (SSSR count). The van der Waals surface area contributed by atoms with Gasteiger partial charge in [0.05, 0.1) is 18.2 Å². The number of rotatable bonds is 3. The van der Waals surface area contributed by atoms with Crippen LogP contribution >= 0.6 is 11.6 Å². The van der Waals surface area contributed by atoms with Gasteiger partial charge in [-0.1, -0.05) is 29.8 Å². The van der Waals surface area contributed by atoms with E-state index in [0.29, 0.717) is 29.4 Å². The maximum atomic E-state index is 13.0. The molecule has 1 aromatic heterocycles. The second-order valence-electron chi connectivity index (χ2n) is 7.39.